The van der Waals surface area contributed by atoms with E-state index in [2.05, 4.69) is 65.7 Å². The Bertz CT molecular complexity index is 718. The van der Waals surface area contributed by atoms with Crippen molar-refractivity contribution in [2.75, 3.05) is 0 Å². The predicted molar refractivity (Wildman–Crippen MR) is 153 cm³/mol. The standard InChI is InChI=1S/C33H57N2/c1-3-5-7-9-10-11-12-13-14-15-16-17-22-28-34-30-31-35(33(34)27-21-8-6-4-2)29-23-26-32-24-19-18-20-25-32/h18-20,24-25,30-31H,3-17,21-23,26-29H2,1-2H3/q+1. The van der Waals surface area contributed by atoms with Crippen LogP contribution in [0.4, 0.5) is 0 Å². The third kappa shape index (κ3) is 13.9. The first-order chi connectivity index (χ1) is 17.3. The molecule has 35 heavy (non-hydrogen) atoms. The number of hydrogen-bond donors (Lipinski definition) is 0. The molecule has 0 N–H and O–H groups in total. The molecule has 0 bridgehead atoms. The van der Waals surface area contributed by atoms with Gasteiger partial charge in [-0.05, 0) is 37.7 Å². The highest BCUT2D eigenvalue weighted by Crippen LogP contribution is 2.14. The van der Waals surface area contributed by atoms with Gasteiger partial charge >= 0.3 is 0 Å². The minimum Gasteiger partial charge on any atom is -0.234 e. The van der Waals surface area contributed by atoms with Crippen LogP contribution in [0.2, 0.25) is 0 Å². The molecule has 0 fully saturated rings. The maximum Gasteiger partial charge on any atom is 0.256 e. The third-order valence-electron chi connectivity index (χ3n) is 7.55. The van der Waals surface area contributed by atoms with Crippen LogP contribution in [0.15, 0.2) is 42.7 Å². The molecule has 0 amide bonds. The van der Waals surface area contributed by atoms with Crippen LogP contribution in [0.1, 0.15) is 141 Å². The fourth-order valence-corrected chi connectivity index (χ4v) is 5.30. The lowest BCUT2D eigenvalue weighted by Gasteiger charge is -2.07. The van der Waals surface area contributed by atoms with Gasteiger partial charge in [0.1, 0.15) is 12.4 Å². The van der Waals surface area contributed by atoms with E-state index in [1.165, 1.54) is 141 Å². The van der Waals surface area contributed by atoms with Crippen molar-refractivity contribution in [3.8, 4) is 0 Å². The van der Waals surface area contributed by atoms with E-state index in [9.17, 15) is 0 Å². The summed E-state index contributed by atoms with van der Waals surface area (Å²) >= 11 is 0. The van der Waals surface area contributed by atoms with Crippen LogP contribution >= 0.6 is 0 Å². The third-order valence-corrected chi connectivity index (χ3v) is 7.55. The highest BCUT2D eigenvalue weighted by molar-refractivity contribution is 5.14. The van der Waals surface area contributed by atoms with Crippen LogP contribution in [0.25, 0.3) is 0 Å². The molecule has 0 saturated carbocycles. The number of unbranched alkanes of at least 4 members (excludes halogenated alkanes) is 15. The predicted octanol–water partition coefficient (Wildman–Crippen LogP) is 9.62. The monoisotopic (exact) mass is 481 g/mol. The van der Waals surface area contributed by atoms with Gasteiger partial charge in [0.05, 0.1) is 13.1 Å². The van der Waals surface area contributed by atoms with E-state index in [0.29, 0.717) is 0 Å². The average Bonchev–Trinajstić information content (AvgIpc) is 3.26. The van der Waals surface area contributed by atoms with E-state index in [-0.39, 0.29) is 0 Å². The van der Waals surface area contributed by atoms with Crippen molar-refractivity contribution in [2.24, 2.45) is 0 Å². The SMILES string of the molecule is CCCCCCCCCCCCCCCn1cc[n+](CCCc2ccccc2)c1CCCCCC. The fourth-order valence-electron chi connectivity index (χ4n) is 5.30. The summed E-state index contributed by atoms with van der Waals surface area (Å²) in [7, 11) is 0. The zero-order valence-corrected chi connectivity index (χ0v) is 23.5. The molecule has 1 heterocycles. The molecule has 0 saturated heterocycles. The molecule has 0 spiro atoms. The van der Waals surface area contributed by atoms with E-state index >= 15 is 0 Å². The van der Waals surface area contributed by atoms with Crippen LogP contribution < -0.4 is 4.57 Å². The molecule has 2 rings (SSSR count). The van der Waals surface area contributed by atoms with Crippen LogP contribution in [0, 0.1) is 0 Å². The number of benzene rings is 1. The van der Waals surface area contributed by atoms with E-state index in [1.54, 1.807) is 5.82 Å². The lowest BCUT2D eigenvalue weighted by atomic mass is 10.0. The maximum atomic E-state index is 2.58. The van der Waals surface area contributed by atoms with Crippen LogP contribution in [0.3, 0.4) is 0 Å². The fraction of sp³-hybridized carbons (Fsp3) is 0.727. The Kier molecular flexibility index (Phi) is 17.5. The first-order valence-electron chi connectivity index (χ1n) is 15.5. The molecule has 0 atom stereocenters. The van der Waals surface area contributed by atoms with Crippen molar-refractivity contribution >= 4 is 0 Å². The van der Waals surface area contributed by atoms with E-state index in [0.717, 1.165) is 6.54 Å². The van der Waals surface area contributed by atoms with E-state index in [4.69, 9.17) is 0 Å². The largest absolute Gasteiger partial charge is 0.256 e. The zero-order chi connectivity index (χ0) is 24.8. The van der Waals surface area contributed by atoms with Gasteiger partial charge < -0.3 is 0 Å². The Morgan fingerprint density at radius 1 is 0.571 bits per heavy atom. The Hall–Kier alpha value is -1.57. The second kappa shape index (κ2) is 20.6. The Balaban J connectivity index is 1.63. The van der Waals surface area contributed by atoms with Crippen molar-refractivity contribution in [1.82, 2.24) is 4.57 Å². The first kappa shape index (κ1) is 29.7. The van der Waals surface area contributed by atoms with Gasteiger partial charge in [0.25, 0.3) is 5.82 Å². The molecule has 198 valence electrons. The Labute approximate surface area is 218 Å². The number of hydrogen-bond acceptors (Lipinski definition) is 0. The Morgan fingerprint density at radius 2 is 1.11 bits per heavy atom. The molecule has 2 heteroatoms. The highest BCUT2D eigenvalue weighted by Gasteiger charge is 2.16. The van der Waals surface area contributed by atoms with Crippen molar-refractivity contribution in [1.29, 1.82) is 0 Å². The van der Waals surface area contributed by atoms with Gasteiger partial charge in [-0.15, -0.1) is 0 Å². The molecule has 2 aromatic rings. The normalized spacial score (nSPS) is 11.4. The van der Waals surface area contributed by atoms with E-state index in [1.807, 2.05) is 0 Å². The summed E-state index contributed by atoms with van der Waals surface area (Å²) < 4.78 is 5.13. The maximum absolute atomic E-state index is 2.58. The molecule has 1 aromatic carbocycles. The summed E-state index contributed by atoms with van der Waals surface area (Å²) in [4.78, 5) is 0. The average molecular weight is 482 g/mol. The second-order valence-corrected chi connectivity index (χ2v) is 10.7. The number of rotatable bonds is 23. The topological polar surface area (TPSA) is 8.81 Å². The molecular weight excluding hydrogens is 424 g/mol. The van der Waals surface area contributed by atoms with Gasteiger partial charge in [-0.1, -0.05) is 134 Å². The van der Waals surface area contributed by atoms with Crippen molar-refractivity contribution < 1.29 is 4.57 Å². The summed E-state index contributed by atoms with van der Waals surface area (Å²) in [5.74, 6) is 1.56. The smallest absolute Gasteiger partial charge is 0.234 e. The van der Waals surface area contributed by atoms with Crippen molar-refractivity contribution in [3.05, 3.63) is 54.1 Å². The van der Waals surface area contributed by atoms with Crippen molar-refractivity contribution in [3.63, 3.8) is 0 Å². The minimum atomic E-state index is 1.14. The molecule has 0 aliphatic rings. The summed E-state index contributed by atoms with van der Waals surface area (Å²) in [5, 5.41) is 0. The quantitative estimate of drug-likeness (QED) is 0.110. The van der Waals surface area contributed by atoms with Crippen LogP contribution in [0.5, 0.6) is 0 Å². The number of aryl methyl sites for hydroxylation is 3. The lowest BCUT2D eigenvalue weighted by molar-refractivity contribution is -0.704. The minimum absolute atomic E-state index is 1.14. The summed E-state index contributed by atoms with van der Waals surface area (Å²) in [6.45, 7) is 6.95. The molecule has 1 aromatic heterocycles. The molecule has 2 nitrogen and oxygen atoms in total. The summed E-state index contributed by atoms with van der Waals surface area (Å²) in [6.07, 6.45) is 32.3. The zero-order valence-electron chi connectivity index (χ0n) is 23.5. The van der Waals surface area contributed by atoms with E-state index < -0.39 is 0 Å². The van der Waals surface area contributed by atoms with Gasteiger partial charge in [0.2, 0.25) is 0 Å². The van der Waals surface area contributed by atoms with Crippen LogP contribution in [-0.4, -0.2) is 4.57 Å². The van der Waals surface area contributed by atoms with Crippen LogP contribution in [-0.2, 0) is 25.9 Å². The molecule has 0 aliphatic heterocycles. The number of imidazole rings is 1. The lowest BCUT2D eigenvalue weighted by Crippen LogP contribution is -2.37. The Morgan fingerprint density at radius 3 is 1.71 bits per heavy atom. The number of nitrogens with zero attached hydrogens (tertiary/aromatic N) is 2. The molecule has 0 unspecified atom stereocenters. The van der Waals surface area contributed by atoms with Gasteiger partial charge in [0.15, 0.2) is 0 Å². The summed E-state index contributed by atoms with van der Waals surface area (Å²) in [5.41, 5.74) is 1.46. The molecule has 0 aliphatic carbocycles. The second-order valence-electron chi connectivity index (χ2n) is 10.7. The molecule has 0 radical (unpaired) electrons. The first-order valence-corrected chi connectivity index (χ1v) is 15.5. The molecular formula is C33H57N2+. The van der Waals surface area contributed by atoms with Gasteiger partial charge in [-0.3, -0.25) is 0 Å². The van der Waals surface area contributed by atoms with Gasteiger partial charge in [-0.2, -0.15) is 0 Å². The number of aromatic nitrogens is 2. The summed E-state index contributed by atoms with van der Waals surface area (Å²) in [6, 6.07) is 11.0. The highest BCUT2D eigenvalue weighted by atomic mass is 15.1. The van der Waals surface area contributed by atoms with Gasteiger partial charge in [0, 0.05) is 6.42 Å². The van der Waals surface area contributed by atoms with Crippen molar-refractivity contribution in [2.45, 2.75) is 155 Å². The van der Waals surface area contributed by atoms with Gasteiger partial charge in [-0.25, -0.2) is 9.13 Å².